The lowest BCUT2D eigenvalue weighted by Gasteiger charge is -2.24. The van der Waals surface area contributed by atoms with Crippen molar-refractivity contribution < 1.29 is 27.8 Å². The van der Waals surface area contributed by atoms with Crippen LogP contribution < -0.4 is 4.74 Å². The maximum Gasteiger partial charge on any atom is 0.326 e. The van der Waals surface area contributed by atoms with E-state index in [0.29, 0.717) is 11.1 Å². The number of alkyl halides is 2. The number of hydrogen-bond acceptors (Lipinski definition) is 4. The van der Waals surface area contributed by atoms with Gasteiger partial charge in [-0.15, -0.1) is 0 Å². The second-order valence-corrected chi connectivity index (χ2v) is 5.83. The van der Waals surface area contributed by atoms with E-state index >= 15 is 0 Å². The lowest BCUT2D eigenvalue weighted by molar-refractivity contribution is -0.161. The van der Waals surface area contributed by atoms with Gasteiger partial charge in [0, 0.05) is 6.42 Å². The predicted octanol–water partition coefficient (Wildman–Crippen LogP) is 3.43. The molecule has 0 aromatic heterocycles. The first kappa shape index (κ1) is 17.1. The van der Waals surface area contributed by atoms with E-state index in [1.165, 1.54) is 13.2 Å². The van der Waals surface area contributed by atoms with E-state index in [0.717, 1.165) is 0 Å². The number of halogens is 2. The summed E-state index contributed by atoms with van der Waals surface area (Å²) in [6.07, 6.45) is -3.58. The van der Waals surface area contributed by atoms with E-state index in [1.54, 1.807) is 42.5 Å². The summed E-state index contributed by atoms with van der Waals surface area (Å²) >= 11 is 0. The first-order valence-corrected chi connectivity index (χ1v) is 7.70. The third kappa shape index (κ3) is 2.77. The van der Waals surface area contributed by atoms with Crippen LogP contribution in [0.4, 0.5) is 8.78 Å². The highest BCUT2D eigenvalue weighted by Crippen LogP contribution is 2.45. The van der Waals surface area contributed by atoms with Gasteiger partial charge in [0.25, 0.3) is 6.43 Å². The minimum Gasteiger partial charge on any atom is -0.496 e. The Labute approximate surface area is 143 Å². The first-order valence-electron chi connectivity index (χ1n) is 7.70. The molecule has 25 heavy (non-hydrogen) atoms. The standard InChI is InChI=1S/C19H16F2O4/c1-24-14-9-5-8-13-10-19(17(20)21,16(22)15(13)14)18(23)25-11-12-6-3-2-4-7-12/h2-9,17H,10-11H2,1H3. The highest BCUT2D eigenvalue weighted by atomic mass is 19.3. The number of methoxy groups -OCH3 is 1. The van der Waals surface area contributed by atoms with Gasteiger partial charge >= 0.3 is 5.97 Å². The molecule has 0 heterocycles. The van der Waals surface area contributed by atoms with Crippen LogP contribution in [0, 0.1) is 5.41 Å². The van der Waals surface area contributed by atoms with Crippen molar-refractivity contribution in [3.8, 4) is 5.75 Å². The fourth-order valence-corrected chi connectivity index (χ4v) is 3.04. The molecule has 2 aromatic carbocycles. The topological polar surface area (TPSA) is 52.6 Å². The molecule has 0 saturated heterocycles. The van der Waals surface area contributed by atoms with E-state index < -0.39 is 30.0 Å². The Morgan fingerprint density at radius 1 is 1.16 bits per heavy atom. The molecule has 6 heteroatoms. The van der Waals surface area contributed by atoms with Gasteiger partial charge in [0.05, 0.1) is 12.7 Å². The monoisotopic (exact) mass is 346 g/mol. The predicted molar refractivity (Wildman–Crippen MR) is 85.7 cm³/mol. The van der Waals surface area contributed by atoms with Gasteiger partial charge in [-0.1, -0.05) is 42.5 Å². The minimum absolute atomic E-state index is 0.0296. The molecule has 3 rings (SSSR count). The molecule has 1 aliphatic rings. The number of ketones is 1. The zero-order chi connectivity index (χ0) is 18.0. The van der Waals surface area contributed by atoms with Gasteiger partial charge in [0.15, 0.2) is 11.2 Å². The van der Waals surface area contributed by atoms with Gasteiger partial charge in [0.2, 0.25) is 0 Å². The summed E-state index contributed by atoms with van der Waals surface area (Å²) in [5.41, 5.74) is -1.48. The van der Waals surface area contributed by atoms with Crippen LogP contribution >= 0.6 is 0 Å². The van der Waals surface area contributed by atoms with Crippen molar-refractivity contribution >= 4 is 11.8 Å². The number of rotatable bonds is 5. The van der Waals surface area contributed by atoms with Gasteiger partial charge in [0.1, 0.15) is 12.4 Å². The maximum atomic E-state index is 13.9. The van der Waals surface area contributed by atoms with Crippen LogP contribution in [0.3, 0.4) is 0 Å². The minimum atomic E-state index is -3.18. The van der Waals surface area contributed by atoms with E-state index in [4.69, 9.17) is 9.47 Å². The van der Waals surface area contributed by atoms with Gasteiger partial charge in [-0.25, -0.2) is 8.78 Å². The molecule has 0 amide bonds. The molecular weight excluding hydrogens is 330 g/mol. The largest absolute Gasteiger partial charge is 0.496 e. The van der Waals surface area contributed by atoms with Crippen LogP contribution in [0.25, 0.3) is 0 Å². The molecule has 1 unspecified atom stereocenters. The summed E-state index contributed by atoms with van der Waals surface area (Å²) in [5, 5.41) is 0. The molecule has 0 aliphatic heterocycles. The van der Waals surface area contributed by atoms with E-state index in [2.05, 4.69) is 0 Å². The van der Waals surface area contributed by atoms with Gasteiger partial charge in [-0.3, -0.25) is 9.59 Å². The summed E-state index contributed by atoms with van der Waals surface area (Å²) in [7, 11) is 1.35. The van der Waals surface area contributed by atoms with E-state index in [-0.39, 0.29) is 17.9 Å². The van der Waals surface area contributed by atoms with Gasteiger partial charge in [-0.2, -0.15) is 0 Å². The molecule has 0 spiro atoms. The molecule has 4 nitrogen and oxygen atoms in total. The maximum absolute atomic E-state index is 13.9. The average molecular weight is 346 g/mol. The zero-order valence-electron chi connectivity index (χ0n) is 13.5. The fourth-order valence-electron chi connectivity index (χ4n) is 3.04. The molecule has 0 saturated carbocycles. The average Bonchev–Trinajstić information content (AvgIpc) is 2.94. The quantitative estimate of drug-likeness (QED) is 0.615. The Hall–Kier alpha value is -2.76. The highest BCUT2D eigenvalue weighted by Gasteiger charge is 2.60. The van der Waals surface area contributed by atoms with Crippen LogP contribution in [0.2, 0.25) is 0 Å². The third-order valence-corrected chi connectivity index (χ3v) is 4.38. The zero-order valence-corrected chi connectivity index (χ0v) is 13.5. The molecule has 2 aromatic rings. The molecule has 130 valence electrons. The summed E-state index contributed by atoms with van der Waals surface area (Å²) in [4.78, 5) is 25.2. The van der Waals surface area contributed by atoms with Crippen molar-refractivity contribution in [2.24, 2.45) is 5.41 Å². The second kappa shape index (κ2) is 6.63. The second-order valence-electron chi connectivity index (χ2n) is 5.83. The molecule has 0 radical (unpaired) electrons. The molecule has 1 atom stereocenters. The van der Waals surface area contributed by atoms with Crippen LogP contribution in [-0.4, -0.2) is 25.3 Å². The Kier molecular flexibility index (Phi) is 4.53. The number of benzene rings is 2. The number of fused-ring (bicyclic) bond motifs is 1. The molecule has 0 fully saturated rings. The van der Waals surface area contributed by atoms with Crippen molar-refractivity contribution in [1.29, 1.82) is 0 Å². The lowest BCUT2D eigenvalue weighted by atomic mass is 9.84. The third-order valence-electron chi connectivity index (χ3n) is 4.38. The number of carbonyl (C=O) groups is 2. The Balaban J connectivity index is 1.91. The van der Waals surface area contributed by atoms with Crippen LogP contribution in [0.15, 0.2) is 48.5 Å². The summed E-state index contributed by atoms with van der Waals surface area (Å²) in [6.45, 7) is -0.172. The number of ether oxygens (including phenoxy) is 2. The highest BCUT2D eigenvalue weighted by molar-refractivity contribution is 6.17. The lowest BCUT2D eigenvalue weighted by Crippen LogP contribution is -2.45. The number of Topliss-reactive ketones (excluding diaryl/α,β-unsaturated/α-hetero) is 1. The first-order chi connectivity index (χ1) is 12.0. The summed E-state index contributed by atoms with van der Waals surface area (Å²) in [5.74, 6) is -1.98. The molecular formula is C19H16F2O4. The molecule has 0 N–H and O–H groups in total. The van der Waals surface area contributed by atoms with Crippen molar-refractivity contribution in [3.05, 3.63) is 65.2 Å². The van der Waals surface area contributed by atoms with Gasteiger partial charge in [-0.05, 0) is 17.2 Å². The summed E-state index contributed by atoms with van der Waals surface area (Å²) in [6, 6.07) is 13.3. The fraction of sp³-hybridized carbons (Fsp3) is 0.263. The smallest absolute Gasteiger partial charge is 0.326 e. The molecule has 0 bridgehead atoms. The number of hydrogen-bond donors (Lipinski definition) is 0. The van der Waals surface area contributed by atoms with Crippen molar-refractivity contribution in [1.82, 2.24) is 0 Å². The van der Waals surface area contributed by atoms with Crippen molar-refractivity contribution in [2.75, 3.05) is 7.11 Å². The SMILES string of the molecule is COc1cccc2c1C(=O)C(C(=O)OCc1ccccc1)(C(F)F)C2. The Morgan fingerprint density at radius 3 is 2.52 bits per heavy atom. The number of carbonyl (C=O) groups excluding carboxylic acids is 2. The van der Waals surface area contributed by atoms with Crippen molar-refractivity contribution in [2.45, 2.75) is 19.5 Å². The van der Waals surface area contributed by atoms with Crippen LogP contribution in [0.5, 0.6) is 5.75 Å². The van der Waals surface area contributed by atoms with Crippen LogP contribution in [0.1, 0.15) is 21.5 Å². The van der Waals surface area contributed by atoms with Gasteiger partial charge < -0.3 is 9.47 Å². The Bertz CT molecular complexity index is 804. The normalized spacial score (nSPS) is 19.0. The van der Waals surface area contributed by atoms with Crippen LogP contribution in [-0.2, 0) is 22.6 Å². The molecule has 1 aliphatic carbocycles. The van der Waals surface area contributed by atoms with Crippen molar-refractivity contribution in [3.63, 3.8) is 0 Å². The number of esters is 1. The summed E-state index contributed by atoms with van der Waals surface area (Å²) < 4.78 is 37.9. The Morgan fingerprint density at radius 2 is 1.88 bits per heavy atom. The van der Waals surface area contributed by atoms with E-state index in [1.807, 2.05) is 0 Å². The van der Waals surface area contributed by atoms with E-state index in [9.17, 15) is 18.4 Å².